The van der Waals surface area contributed by atoms with Crippen LogP contribution in [0.2, 0.25) is 0 Å². The molecule has 0 bridgehead atoms. The van der Waals surface area contributed by atoms with Crippen LogP contribution in [0.25, 0.3) is 11.4 Å². The number of rotatable bonds is 2. The zero-order chi connectivity index (χ0) is 12.4. The molecule has 2 aromatic rings. The van der Waals surface area contributed by atoms with E-state index >= 15 is 0 Å². The number of nitrogens with zero attached hydrogens (tertiary/aromatic N) is 4. The second-order valence-corrected chi connectivity index (χ2v) is 4.43. The van der Waals surface area contributed by atoms with Crippen molar-refractivity contribution in [2.45, 2.75) is 6.04 Å². The number of benzene rings is 1. The van der Waals surface area contributed by atoms with Gasteiger partial charge in [0, 0.05) is 37.1 Å². The van der Waals surface area contributed by atoms with E-state index in [1.165, 1.54) is 0 Å². The molecular formula is C14H14N4. The van der Waals surface area contributed by atoms with Crippen LogP contribution in [0, 0.1) is 0 Å². The summed E-state index contributed by atoms with van der Waals surface area (Å²) in [6, 6.07) is 10.2. The molecule has 0 fully saturated rings. The van der Waals surface area contributed by atoms with Crippen LogP contribution in [-0.2, 0) is 0 Å². The Bertz CT molecular complexity index is 548. The van der Waals surface area contributed by atoms with Gasteiger partial charge in [-0.15, -0.1) is 0 Å². The van der Waals surface area contributed by atoms with E-state index in [0.29, 0.717) is 0 Å². The van der Waals surface area contributed by atoms with Gasteiger partial charge in [0.05, 0.1) is 12.4 Å². The van der Waals surface area contributed by atoms with Gasteiger partial charge in [-0.1, -0.05) is 30.3 Å². The summed E-state index contributed by atoms with van der Waals surface area (Å²) in [5, 5.41) is 0. The number of aromatic nitrogens is 2. The first kappa shape index (κ1) is 10.9. The molecule has 3 rings (SSSR count). The van der Waals surface area contributed by atoms with Gasteiger partial charge in [0.15, 0.2) is 5.82 Å². The van der Waals surface area contributed by atoms with Crippen molar-refractivity contribution in [3.63, 3.8) is 0 Å². The van der Waals surface area contributed by atoms with Crippen molar-refractivity contribution < 1.29 is 0 Å². The summed E-state index contributed by atoms with van der Waals surface area (Å²) in [6.07, 6.45) is 5.60. The van der Waals surface area contributed by atoms with Gasteiger partial charge in [-0.2, -0.15) is 0 Å². The fourth-order valence-electron chi connectivity index (χ4n) is 2.00. The maximum atomic E-state index is 4.42. The Balaban J connectivity index is 1.84. The van der Waals surface area contributed by atoms with Crippen molar-refractivity contribution in [3.05, 3.63) is 48.3 Å². The summed E-state index contributed by atoms with van der Waals surface area (Å²) < 4.78 is 0. The van der Waals surface area contributed by atoms with Gasteiger partial charge in [-0.25, -0.2) is 9.97 Å². The lowest BCUT2D eigenvalue weighted by molar-refractivity contribution is 0.514. The van der Waals surface area contributed by atoms with Gasteiger partial charge in [-0.3, -0.25) is 4.99 Å². The summed E-state index contributed by atoms with van der Waals surface area (Å²) in [6.45, 7) is 0.897. The molecule has 4 nitrogen and oxygen atoms in total. The molecule has 0 saturated carbocycles. The van der Waals surface area contributed by atoms with Crippen LogP contribution in [0.1, 0.15) is 11.6 Å². The lowest BCUT2D eigenvalue weighted by Crippen LogP contribution is -2.14. The molecule has 18 heavy (non-hydrogen) atoms. The number of hydrogen-bond acceptors (Lipinski definition) is 4. The maximum absolute atomic E-state index is 4.42. The van der Waals surface area contributed by atoms with Crippen LogP contribution in [0.15, 0.2) is 47.7 Å². The first-order valence-electron chi connectivity index (χ1n) is 5.94. The Morgan fingerprint density at radius 3 is 2.44 bits per heavy atom. The molecule has 1 unspecified atom stereocenters. The van der Waals surface area contributed by atoms with Crippen molar-refractivity contribution in [1.29, 1.82) is 0 Å². The molecule has 2 heterocycles. The smallest absolute Gasteiger partial charge is 0.159 e. The molecule has 1 aliphatic heterocycles. The Hall–Kier alpha value is -2.23. The van der Waals surface area contributed by atoms with Crippen LogP contribution >= 0.6 is 0 Å². The zero-order valence-electron chi connectivity index (χ0n) is 10.2. The van der Waals surface area contributed by atoms with Gasteiger partial charge >= 0.3 is 0 Å². The van der Waals surface area contributed by atoms with Gasteiger partial charge in [0.25, 0.3) is 0 Å². The predicted molar refractivity (Wildman–Crippen MR) is 71.3 cm³/mol. The van der Waals surface area contributed by atoms with Crippen molar-refractivity contribution in [3.8, 4) is 11.4 Å². The van der Waals surface area contributed by atoms with E-state index in [0.717, 1.165) is 23.5 Å². The third-order valence-corrected chi connectivity index (χ3v) is 2.99. The average molecular weight is 238 g/mol. The molecule has 1 aromatic carbocycles. The Labute approximate surface area is 106 Å². The summed E-state index contributed by atoms with van der Waals surface area (Å²) in [5.41, 5.74) is 2.10. The minimum Gasteiger partial charge on any atom is -0.363 e. The lowest BCUT2D eigenvalue weighted by Gasteiger charge is -2.10. The Morgan fingerprint density at radius 1 is 1.11 bits per heavy atom. The van der Waals surface area contributed by atoms with Crippen molar-refractivity contribution in [2.24, 2.45) is 4.99 Å². The fraction of sp³-hybridized carbons (Fsp3) is 0.214. The monoisotopic (exact) mass is 238 g/mol. The van der Waals surface area contributed by atoms with Crippen LogP contribution in [0.5, 0.6) is 0 Å². The molecule has 90 valence electrons. The minimum atomic E-state index is 0.167. The zero-order valence-corrected chi connectivity index (χ0v) is 10.2. The molecule has 0 saturated heterocycles. The van der Waals surface area contributed by atoms with Crippen molar-refractivity contribution in [1.82, 2.24) is 14.9 Å². The SMILES string of the molecule is CN1C=NC(c2cnc(-c3ccccc3)nc2)C1. The topological polar surface area (TPSA) is 41.4 Å². The number of likely N-dealkylation sites (N-methyl/N-ethyl adjacent to an activating group) is 1. The van der Waals surface area contributed by atoms with E-state index in [9.17, 15) is 0 Å². The van der Waals surface area contributed by atoms with Gasteiger partial charge in [-0.05, 0) is 0 Å². The maximum Gasteiger partial charge on any atom is 0.159 e. The molecule has 0 aliphatic carbocycles. The standard InChI is InChI=1S/C14H14N4/c1-18-9-13(17-10-18)12-7-15-14(16-8-12)11-5-3-2-4-6-11/h2-8,10,13H,9H2,1H3. The first-order valence-corrected chi connectivity index (χ1v) is 5.94. The third kappa shape index (κ3) is 2.09. The second-order valence-electron chi connectivity index (χ2n) is 4.43. The van der Waals surface area contributed by atoms with E-state index in [2.05, 4.69) is 19.9 Å². The van der Waals surface area contributed by atoms with Crippen molar-refractivity contribution >= 4 is 6.34 Å². The highest BCUT2D eigenvalue weighted by Crippen LogP contribution is 2.21. The molecule has 1 aliphatic rings. The summed E-state index contributed by atoms with van der Waals surface area (Å²) in [5.74, 6) is 0.759. The lowest BCUT2D eigenvalue weighted by atomic mass is 10.1. The highest BCUT2D eigenvalue weighted by atomic mass is 15.2. The highest BCUT2D eigenvalue weighted by Gasteiger charge is 2.17. The van der Waals surface area contributed by atoms with E-state index in [1.807, 2.05) is 56.1 Å². The number of hydrogen-bond donors (Lipinski definition) is 0. The molecule has 1 aromatic heterocycles. The van der Waals surface area contributed by atoms with Gasteiger partial charge < -0.3 is 4.90 Å². The van der Waals surface area contributed by atoms with Crippen LogP contribution in [0.3, 0.4) is 0 Å². The second kappa shape index (κ2) is 4.56. The molecule has 0 radical (unpaired) electrons. The van der Waals surface area contributed by atoms with Crippen LogP contribution in [-0.4, -0.2) is 34.8 Å². The average Bonchev–Trinajstić information content (AvgIpc) is 2.87. The molecule has 0 spiro atoms. The van der Waals surface area contributed by atoms with E-state index in [4.69, 9.17) is 0 Å². The number of aliphatic imine (C=N–C) groups is 1. The third-order valence-electron chi connectivity index (χ3n) is 2.99. The summed E-state index contributed by atoms with van der Waals surface area (Å²) in [4.78, 5) is 15.3. The molecule has 4 heteroatoms. The van der Waals surface area contributed by atoms with Crippen molar-refractivity contribution in [2.75, 3.05) is 13.6 Å². The molecule has 1 atom stereocenters. The van der Waals surface area contributed by atoms with Gasteiger partial charge in [0.2, 0.25) is 0 Å². The highest BCUT2D eigenvalue weighted by molar-refractivity contribution is 5.58. The summed E-state index contributed by atoms with van der Waals surface area (Å²) in [7, 11) is 2.02. The molecule has 0 N–H and O–H groups in total. The molecule has 0 amide bonds. The fourth-order valence-corrected chi connectivity index (χ4v) is 2.00. The largest absolute Gasteiger partial charge is 0.363 e. The van der Waals surface area contributed by atoms with E-state index < -0.39 is 0 Å². The van der Waals surface area contributed by atoms with E-state index in [1.54, 1.807) is 0 Å². The molecular weight excluding hydrogens is 224 g/mol. The predicted octanol–water partition coefficient (Wildman–Crippen LogP) is 2.16. The van der Waals surface area contributed by atoms with E-state index in [-0.39, 0.29) is 6.04 Å². The minimum absolute atomic E-state index is 0.167. The Kier molecular flexibility index (Phi) is 2.76. The summed E-state index contributed by atoms with van der Waals surface area (Å²) >= 11 is 0. The Morgan fingerprint density at radius 2 is 1.83 bits per heavy atom. The normalized spacial score (nSPS) is 18.3. The first-order chi connectivity index (χ1) is 8.83. The van der Waals surface area contributed by atoms with Crippen LogP contribution < -0.4 is 0 Å². The van der Waals surface area contributed by atoms with Gasteiger partial charge in [0.1, 0.15) is 0 Å². The quantitative estimate of drug-likeness (QED) is 0.805. The van der Waals surface area contributed by atoms with Crippen LogP contribution in [0.4, 0.5) is 0 Å².